The van der Waals surface area contributed by atoms with Crippen LogP contribution in [0.1, 0.15) is 25.5 Å². The zero-order valence-corrected chi connectivity index (χ0v) is 12.5. The Kier molecular flexibility index (Phi) is 4.10. The van der Waals surface area contributed by atoms with Gasteiger partial charge in [0.05, 0.1) is 6.04 Å². The number of benzene rings is 1. The topological polar surface area (TPSA) is 48.3 Å². The molecule has 5 heteroatoms. The van der Waals surface area contributed by atoms with Crippen LogP contribution in [0.2, 0.25) is 0 Å². The van der Waals surface area contributed by atoms with Gasteiger partial charge in [0.2, 0.25) is 0 Å². The third-order valence-electron chi connectivity index (χ3n) is 3.93. The Bertz CT molecular complexity index is 583. The molecule has 1 aliphatic heterocycles. The quantitative estimate of drug-likeness (QED) is 0.917. The van der Waals surface area contributed by atoms with E-state index in [2.05, 4.69) is 30.3 Å². The summed E-state index contributed by atoms with van der Waals surface area (Å²) >= 11 is 0. The van der Waals surface area contributed by atoms with Gasteiger partial charge in [-0.25, -0.2) is 0 Å². The Morgan fingerprint density at radius 3 is 2.90 bits per heavy atom. The number of para-hydroxylation sites is 1. The van der Waals surface area contributed by atoms with E-state index in [9.17, 15) is 0 Å². The number of aromatic nitrogens is 2. The van der Waals surface area contributed by atoms with Crippen molar-refractivity contribution >= 4 is 0 Å². The number of rotatable bonds is 5. The lowest BCUT2D eigenvalue weighted by molar-refractivity contribution is 0.169. The van der Waals surface area contributed by atoms with Crippen molar-refractivity contribution < 1.29 is 9.47 Å². The molecule has 1 N–H and O–H groups in total. The van der Waals surface area contributed by atoms with Gasteiger partial charge in [-0.15, -0.1) is 0 Å². The van der Waals surface area contributed by atoms with Gasteiger partial charge < -0.3 is 14.8 Å². The molecule has 0 amide bonds. The predicted molar refractivity (Wildman–Crippen MR) is 80.7 cm³/mol. The molecule has 0 saturated carbocycles. The van der Waals surface area contributed by atoms with Gasteiger partial charge >= 0.3 is 0 Å². The number of hydrogen-bond donors (Lipinski definition) is 1. The van der Waals surface area contributed by atoms with E-state index in [4.69, 9.17) is 9.47 Å². The molecule has 5 nitrogen and oxygen atoms in total. The van der Waals surface area contributed by atoms with E-state index < -0.39 is 0 Å². The highest BCUT2D eigenvalue weighted by Crippen LogP contribution is 2.33. The van der Waals surface area contributed by atoms with Crippen LogP contribution in [0.3, 0.4) is 0 Å². The van der Waals surface area contributed by atoms with Crippen LogP contribution in [0.25, 0.3) is 0 Å². The van der Waals surface area contributed by atoms with Crippen LogP contribution >= 0.6 is 0 Å². The predicted octanol–water partition coefficient (Wildman–Crippen LogP) is 2.39. The van der Waals surface area contributed by atoms with Gasteiger partial charge in [-0.3, -0.25) is 4.68 Å². The van der Waals surface area contributed by atoms with Crippen LogP contribution in [0.4, 0.5) is 0 Å². The summed E-state index contributed by atoms with van der Waals surface area (Å²) in [6.07, 6.45) is 3.80. The highest BCUT2D eigenvalue weighted by Gasteiger charge is 2.18. The Hall–Kier alpha value is -2.01. The molecule has 112 valence electrons. The fourth-order valence-electron chi connectivity index (χ4n) is 2.47. The van der Waals surface area contributed by atoms with Crippen molar-refractivity contribution in [1.29, 1.82) is 0 Å². The minimum Gasteiger partial charge on any atom is -0.486 e. The summed E-state index contributed by atoms with van der Waals surface area (Å²) in [4.78, 5) is 0. The molecule has 2 atom stereocenters. The first kappa shape index (κ1) is 13.9. The molecule has 0 fully saturated rings. The van der Waals surface area contributed by atoms with E-state index in [1.54, 1.807) is 0 Å². The summed E-state index contributed by atoms with van der Waals surface area (Å²) < 4.78 is 13.3. The van der Waals surface area contributed by atoms with E-state index in [-0.39, 0.29) is 6.04 Å². The van der Waals surface area contributed by atoms with Crippen molar-refractivity contribution in [2.45, 2.75) is 32.5 Å². The molecule has 2 aromatic rings. The molecule has 1 aliphatic rings. The van der Waals surface area contributed by atoms with E-state index in [0.29, 0.717) is 19.3 Å². The number of ether oxygens (including phenoxy) is 2. The van der Waals surface area contributed by atoms with Crippen LogP contribution in [-0.4, -0.2) is 29.0 Å². The third-order valence-corrected chi connectivity index (χ3v) is 3.93. The van der Waals surface area contributed by atoms with Crippen LogP contribution in [0, 0.1) is 0 Å². The van der Waals surface area contributed by atoms with E-state index in [0.717, 1.165) is 23.6 Å². The van der Waals surface area contributed by atoms with Gasteiger partial charge in [0.15, 0.2) is 11.5 Å². The van der Waals surface area contributed by atoms with E-state index in [1.165, 1.54) is 0 Å². The van der Waals surface area contributed by atoms with Crippen molar-refractivity contribution in [1.82, 2.24) is 15.1 Å². The maximum Gasteiger partial charge on any atom is 0.165 e. The van der Waals surface area contributed by atoms with Gasteiger partial charge in [-0.2, -0.15) is 5.10 Å². The number of nitrogens with one attached hydrogen (secondary N) is 1. The molecule has 1 aromatic carbocycles. The summed E-state index contributed by atoms with van der Waals surface area (Å²) in [5.74, 6) is 1.71. The average Bonchev–Trinajstić information content (AvgIpc) is 3.06. The Balaban J connectivity index is 1.65. The molecule has 0 saturated heterocycles. The monoisotopic (exact) mass is 287 g/mol. The zero-order valence-electron chi connectivity index (χ0n) is 12.5. The highest BCUT2D eigenvalue weighted by atomic mass is 16.6. The minimum atomic E-state index is 0.289. The van der Waals surface area contributed by atoms with Gasteiger partial charge in [-0.05, 0) is 26.0 Å². The fraction of sp³-hybridized carbons (Fsp3) is 0.438. The molecule has 2 heterocycles. The van der Waals surface area contributed by atoms with E-state index in [1.807, 2.05) is 35.3 Å². The van der Waals surface area contributed by atoms with Crippen molar-refractivity contribution in [2.24, 2.45) is 0 Å². The summed E-state index contributed by atoms with van der Waals surface area (Å²) in [6.45, 7) is 6.31. The van der Waals surface area contributed by atoms with Crippen LogP contribution in [0.15, 0.2) is 36.7 Å². The molecule has 0 aliphatic carbocycles. The number of fused-ring (bicyclic) bond motifs is 1. The van der Waals surface area contributed by atoms with Crippen LogP contribution < -0.4 is 14.8 Å². The zero-order chi connectivity index (χ0) is 14.7. The third kappa shape index (κ3) is 3.03. The summed E-state index contributed by atoms with van der Waals surface area (Å²) in [6, 6.07) is 8.57. The Labute approximate surface area is 124 Å². The first-order valence-electron chi connectivity index (χ1n) is 7.35. The standard InChI is InChI=1S/C16H21N3O2/c1-12(13(2)19-8-4-7-18-19)17-11-14-5-3-6-15-16(14)21-10-9-20-15/h3-8,12-13,17H,9-11H2,1-2H3/t12-,13+/m1/s1. The normalized spacial score (nSPS) is 16.5. The van der Waals surface area contributed by atoms with Crippen LogP contribution in [-0.2, 0) is 6.54 Å². The van der Waals surface area contributed by atoms with Crippen LogP contribution in [0.5, 0.6) is 11.5 Å². The maximum atomic E-state index is 5.74. The first-order chi connectivity index (χ1) is 10.3. The molecule has 3 rings (SSSR count). The average molecular weight is 287 g/mol. The van der Waals surface area contributed by atoms with Crippen molar-refractivity contribution in [3.8, 4) is 11.5 Å². The largest absolute Gasteiger partial charge is 0.486 e. The molecule has 1 aromatic heterocycles. The number of hydrogen-bond acceptors (Lipinski definition) is 4. The van der Waals surface area contributed by atoms with Crippen molar-refractivity contribution in [2.75, 3.05) is 13.2 Å². The molecule has 0 radical (unpaired) electrons. The minimum absolute atomic E-state index is 0.289. The second kappa shape index (κ2) is 6.18. The highest BCUT2D eigenvalue weighted by molar-refractivity contribution is 5.47. The van der Waals surface area contributed by atoms with Crippen molar-refractivity contribution in [3.63, 3.8) is 0 Å². The molecule has 0 unspecified atom stereocenters. The maximum absolute atomic E-state index is 5.74. The van der Waals surface area contributed by atoms with Gasteiger partial charge in [-0.1, -0.05) is 12.1 Å². The summed E-state index contributed by atoms with van der Waals surface area (Å²) in [5.41, 5.74) is 1.13. The molecular weight excluding hydrogens is 266 g/mol. The smallest absolute Gasteiger partial charge is 0.165 e. The van der Waals surface area contributed by atoms with Gasteiger partial charge in [0, 0.05) is 30.5 Å². The second-order valence-electron chi connectivity index (χ2n) is 5.34. The number of nitrogens with zero attached hydrogens (tertiary/aromatic N) is 2. The molecule has 0 bridgehead atoms. The van der Waals surface area contributed by atoms with Crippen molar-refractivity contribution in [3.05, 3.63) is 42.2 Å². The lowest BCUT2D eigenvalue weighted by Gasteiger charge is -2.24. The molecule has 0 spiro atoms. The lowest BCUT2D eigenvalue weighted by Crippen LogP contribution is -2.33. The summed E-state index contributed by atoms with van der Waals surface area (Å²) in [5, 5.41) is 7.84. The Morgan fingerprint density at radius 1 is 1.24 bits per heavy atom. The lowest BCUT2D eigenvalue weighted by atomic mass is 10.1. The molecular formula is C16H21N3O2. The fourth-order valence-corrected chi connectivity index (χ4v) is 2.47. The molecule has 21 heavy (non-hydrogen) atoms. The summed E-state index contributed by atoms with van der Waals surface area (Å²) in [7, 11) is 0. The van der Waals surface area contributed by atoms with E-state index >= 15 is 0 Å². The van der Waals surface area contributed by atoms with Gasteiger partial charge in [0.1, 0.15) is 13.2 Å². The second-order valence-corrected chi connectivity index (χ2v) is 5.34. The SMILES string of the molecule is C[C@@H](NCc1cccc2c1OCCO2)[C@H](C)n1cccn1. The first-order valence-corrected chi connectivity index (χ1v) is 7.35. The Morgan fingerprint density at radius 2 is 2.10 bits per heavy atom. The van der Waals surface area contributed by atoms with Gasteiger partial charge in [0.25, 0.3) is 0 Å².